The lowest BCUT2D eigenvalue weighted by molar-refractivity contribution is -0.146. The van der Waals surface area contributed by atoms with E-state index in [0.29, 0.717) is 5.56 Å². The van der Waals surface area contributed by atoms with E-state index in [1.54, 1.807) is 39.0 Å². The van der Waals surface area contributed by atoms with Crippen molar-refractivity contribution in [1.82, 2.24) is 0 Å². The first-order valence-electron chi connectivity index (χ1n) is 5.57. The van der Waals surface area contributed by atoms with Gasteiger partial charge >= 0.3 is 5.97 Å². The highest BCUT2D eigenvalue weighted by molar-refractivity contribution is 7.90. The van der Waals surface area contributed by atoms with E-state index < -0.39 is 21.2 Å². The molecule has 0 spiro atoms. The Labute approximate surface area is 108 Å². The number of aryl methyl sites for hydroxylation is 1. The molecule has 0 aliphatic carbocycles. The first kappa shape index (κ1) is 14.7. The lowest BCUT2D eigenvalue weighted by atomic mass is 9.86. The van der Waals surface area contributed by atoms with E-state index in [-0.39, 0.29) is 11.3 Å². The second-order valence-corrected chi connectivity index (χ2v) is 7.23. The zero-order chi connectivity index (χ0) is 14.1. The van der Waals surface area contributed by atoms with Crippen molar-refractivity contribution in [3.05, 3.63) is 29.3 Å². The molecule has 0 radical (unpaired) electrons. The minimum absolute atomic E-state index is 0.186. The van der Waals surface area contributed by atoms with Gasteiger partial charge in [-0.1, -0.05) is 12.1 Å². The number of hydrogen-bond donors (Lipinski definition) is 1. The molecule has 0 saturated heterocycles. The quantitative estimate of drug-likeness (QED) is 0.909. The van der Waals surface area contributed by atoms with Crippen molar-refractivity contribution in [1.29, 1.82) is 0 Å². The monoisotopic (exact) mass is 270 g/mol. The van der Waals surface area contributed by atoms with Crippen molar-refractivity contribution in [2.45, 2.75) is 32.1 Å². The summed E-state index contributed by atoms with van der Waals surface area (Å²) in [5.74, 6) is -0.942. The van der Waals surface area contributed by atoms with Gasteiger partial charge in [0, 0.05) is 6.26 Å². The van der Waals surface area contributed by atoms with Crippen LogP contribution in [0, 0.1) is 12.3 Å². The number of carboxylic acids is 1. The molecule has 0 bridgehead atoms. The van der Waals surface area contributed by atoms with E-state index in [4.69, 9.17) is 5.11 Å². The fourth-order valence-electron chi connectivity index (χ4n) is 1.70. The smallest absolute Gasteiger partial charge is 0.309 e. The Morgan fingerprint density at radius 1 is 1.33 bits per heavy atom. The number of sulfone groups is 1. The van der Waals surface area contributed by atoms with Crippen LogP contribution in [0.3, 0.4) is 0 Å². The molecule has 0 amide bonds. The van der Waals surface area contributed by atoms with Gasteiger partial charge in [0.1, 0.15) is 0 Å². The molecule has 1 aromatic carbocycles. The third-order valence-electron chi connectivity index (χ3n) is 2.83. The molecule has 0 aliphatic heterocycles. The minimum Gasteiger partial charge on any atom is -0.481 e. The molecule has 1 aromatic rings. The average molecular weight is 270 g/mol. The fourth-order valence-corrected chi connectivity index (χ4v) is 2.72. The summed E-state index contributed by atoms with van der Waals surface area (Å²) in [6.45, 7) is 4.98. The van der Waals surface area contributed by atoms with E-state index >= 15 is 0 Å². The van der Waals surface area contributed by atoms with E-state index in [1.807, 2.05) is 0 Å². The highest BCUT2D eigenvalue weighted by Crippen LogP contribution is 2.27. The van der Waals surface area contributed by atoms with Crippen molar-refractivity contribution in [3.8, 4) is 0 Å². The summed E-state index contributed by atoms with van der Waals surface area (Å²) in [4.78, 5) is 11.3. The lowest BCUT2D eigenvalue weighted by Crippen LogP contribution is -2.27. The number of carbonyl (C=O) groups is 1. The largest absolute Gasteiger partial charge is 0.481 e. The van der Waals surface area contributed by atoms with Gasteiger partial charge in [-0.15, -0.1) is 0 Å². The number of carboxylic acid groups (broad SMARTS) is 1. The van der Waals surface area contributed by atoms with Gasteiger partial charge in [-0.05, 0) is 44.4 Å². The predicted molar refractivity (Wildman–Crippen MR) is 69.4 cm³/mol. The summed E-state index contributed by atoms with van der Waals surface area (Å²) in [7, 11) is -3.35. The fraction of sp³-hybridized carbons (Fsp3) is 0.462. The molecule has 0 aliphatic rings. The molecule has 18 heavy (non-hydrogen) atoms. The van der Waals surface area contributed by atoms with E-state index in [9.17, 15) is 13.2 Å². The van der Waals surface area contributed by atoms with Crippen LogP contribution in [-0.4, -0.2) is 25.7 Å². The maximum atomic E-state index is 11.7. The Bertz CT molecular complexity index is 571. The number of aliphatic carboxylic acids is 1. The predicted octanol–water partition coefficient (Wildman–Crippen LogP) is 2.05. The maximum Gasteiger partial charge on any atom is 0.309 e. The first-order valence-corrected chi connectivity index (χ1v) is 7.46. The Morgan fingerprint density at radius 2 is 1.89 bits per heavy atom. The van der Waals surface area contributed by atoms with Crippen molar-refractivity contribution in [3.63, 3.8) is 0 Å². The third kappa shape index (κ3) is 3.32. The standard InChI is InChI=1S/C13H18O4S/c1-9-5-6-10(8-13(2,3)12(14)15)11(7-9)18(4,16)17/h5-7H,8H2,1-4H3,(H,14,15). The molecule has 0 aromatic heterocycles. The Morgan fingerprint density at radius 3 is 2.33 bits per heavy atom. The van der Waals surface area contributed by atoms with Crippen LogP contribution in [0.4, 0.5) is 0 Å². The number of benzene rings is 1. The molecule has 1 rings (SSSR count). The first-order chi connectivity index (χ1) is 8.04. The van der Waals surface area contributed by atoms with Crippen molar-refractivity contribution in [2.75, 3.05) is 6.26 Å². The molecule has 4 nitrogen and oxygen atoms in total. The summed E-state index contributed by atoms with van der Waals surface area (Å²) >= 11 is 0. The Balaban J connectivity index is 3.31. The Kier molecular flexibility index (Phi) is 3.86. The van der Waals surface area contributed by atoms with E-state index in [2.05, 4.69) is 0 Å². The highest BCUT2D eigenvalue weighted by Gasteiger charge is 2.29. The highest BCUT2D eigenvalue weighted by atomic mass is 32.2. The van der Waals surface area contributed by atoms with Crippen LogP contribution in [0.1, 0.15) is 25.0 Å². The van der Waals surface area contributed by atoms with Gasteiger partial charge < -0.3 is 5.11 Å². The van der Waals surface area contributed by atoms with Crippen molar-refractivity contribution >= 4 is 15.8 Å². The molecule has 5 heteroatoms. The van der Waals surface area contributed by atoms with Gasteiger partial charge in [0.2, 0.25) is 0 Å². The van der Waals surface area contributed by atoms with Crippen LogP contribution in [0.25, 0.3) is 0 Å². The van der Waals surface area contributed by atoms with Gasteiger partial charge in [-0.2, -0.15) is 0 Å². The van der Waals surface area contributed by atoms with E-state index in [0.717, 1.165) is 11.8 Å². The zero-order valence-corrected chi connectivity index (χ0v) is 11.8. The summed E-state index contributed by atoms with van der Waals surface area (Å²) in [5.41, 5.74) is 0.400. The van der Waals surface area contributed by atoms with Crippen molar-refractivity contribution < 1.29 is 18.3 Å². The summed E-state index contributed by atoms with van der Waals surface area (Å²) in [6.07, 6.45) is 1.32. The van der Waals surface area contributed by atoms with Gasteiger partial charge in [0.25, 0.3) is 0 Å². The van der Waals surface area contributed by atoms with Gasteiger partial charge in [-0.3, -0.25) is 4.79 Å². The molecule has 0 heterocycles. The molecule has 0 unspecified atom stereocenters. The Hall–Kier alpha value is -1.36. The van der Waals surface area contributed by atoms with Gasteiger partial charge in [0.15, 0.2) is 9.84 Å². The molecule has 0 fully saturated rings. The van der Waals surface area contributed by atoms with Crippen LogP contribution in [-0.2, 0) is 21.1 Å². The van der Waals surface area contributed by atoms with Gasteiger partial charge in [0.05, 0.1) is 10.3 Å². The van der Waals surface area contributed by atoms with Crippen LogP contribution in [0.5, 0.6) is 0 Å². The van der Waals surface area contributed by atoms with Crippen molar-refractivity contribution in [2.24, 2.45) is 5.41 Å². The lowest BCUT2D eigenvalue weighted by Gasteiger charge is -2.20. The van der Waals surface area contributed by atoms with Crippen LogP contribution >= 0.6 is 0 Å². The summed E-state index contributed by atoms with van der Waals surface area (Å²) < 4.78 is 23.4. The SMILES string of the molecule is Cc1ccc(CC(C)(C)C(=O)O)c(S(C)(=O)=O)c1. The van der Waals surface area contributed by atoms with E-state index in [1.165, 1.54) is 0 Å². The molecule has 100 valence electrons. The topological polar surface area (TPSA) is 71.4 Å². The molecule has 1 N–H and O–H groups in total. The molecule has 0 atom stereocenters. The number of rotatable bonds is 4. The van der Waals surface area contributed by atoms with Crippen LogP contribution in [0.15, 0.2) is 23.1 Å². The third-order valence-corrected chi connectivity index (χ3v) is 4.01. The second-order valence-electron chi connectivity index (χ2n) is 5.25. The zero-order valence-electron chi connectivity index (χ0n) is 11.0. The molecular formula is C13H18O4S. The molecular weight excluding hydrogens is 252 g/mol. The normalized spacial score (nSPS) is 12.4. The number of hydrogen-bond acceptors (Lipinski definition) is 3. The average Bonchev–Trinajstić information content (AvgIpc) is 2.18. The molecule has 0 saturated carbocycles. The summed E-state index contributed by atoms with van der Waals surface area (Å²) in [5, 5.41) is 9.10. The van der Waals surface area contributed by atoms with Crippen LogP contribution < -0.4 is 0 Å². The maximum absolute atomic E-state index is 11.7. The summed E-state index contributed by atoms with van der Waals surface area (Å²) in [6, 6.07) is 5.07. The van der Waals surface area contributed by atoms with Gasteiger partial charge in [-0.25, -0.2) is 8.42 Å². The minimum atomic E-state index is -3.35. The van der Waals surface area contributed by atoms with Crippen LogP contribution in [0.2, 0.25) is 0 Å². The second kappa shape index (κ2) is 4.72.